The van der Waals surface area contributed by atoms with E-state index in [9.17, 15) is 14.7 Å². The van der Waals surface area contributed by atoms with Gasteiger partial charge in [-0.3, -0.25) is 0 Å². The molecule has 0 aromatic rings. The van der Waals surface area contributed by atoms with Gasteiger partial charge in [0.25, 0.3) is 0 Å². The Bertz CT molecular complexity index is 293. The van der Waals surface area contributed by atoms with Crippen molar-refractivity contribution >= 4 is 12.1 Å². The number of rotatable bonds is 4. The van der Waals surface area contributed by atoms with Crippen LogP contribution in [0.2, 0.25) is 0 Å². The van der Waals surface area contributed by atoms with Crippen molar-refractivity contribution in [2.45, 2.75) is 58.3 Å². The number of aliphatic carboxylic acids is 1. The smallest absolute Gasteiger partial charge is 0.408 e. The normalized spacial score (nSPS) is 16.8. The third kappa shape index (κ3) is 5.53. The molecule has 0 aromatic heterocycles. The zero-order valence-electron chi connectivity index (χ0n) is 10.9. The van der Waals surface area contributed by atoms with Crippen LogP contribution >= 0.6 is 0 Å². The van der Waals surface area contributed by atoms with E-state index in [4.69, 9.17) is 9.84 Å². The average Bonchev–Trinajstić information content (AvgIpc) is 2.10. The van der Waals surface area contributed by atoms with Crippen LogP contribution in [-0.4, -0.2) is 39.5 Å². The van der Waals surface area contributed by atoms with Crippen LogP contribution in [0, 0.1) is 0 Å². The first-order chi connectivity index (χ1) is 7.49. The van der Waals surface area contributed by atoms with Crippen LogP contribution in [0.25, 0.3) is 0 Å². The van der Waals surface area contributed by atoms with Gasteiger partial charge in [-0.05, 0) is 34.1 Å². The summed E-state index contributed by atoms with van der Waals surface area (Å²) in [5, 5.41) is 21.0. The highest BCUT2D eigenvalue weighted by atomic mass is 16.6. The summed E-state index contributed by atoms with van der Waals surface area (Å²) in [6, 6.07) is -1.40. The molecule has 2 unspecified atom stereocenters. The van der Waals surface area contributed by atoms with Crippen molar-refractivity contribution in [3.63, 3.8) is 0 Å². The van der Waals surface area contributed by atoms with Gasteiger partial charge in [-0.1, -0.05) is 6.92 Å². The van der Waals surface area contributed by atoms with Crippen LogP contribution in [0.3, 0.4) is 0 Å². The van der Waals surface area contributed by atoms with E-state index in [1.54, 1.807) is 27.7 Å². The number of hydrogen-bond acceptors (Lipinski definition) is 4. The molecule has 0 radical (unpaired) electrons. The first kappa shape index (κ1) is 15.7. The fourth-order valence-electron chi connectivity index (χ4n) is 1.11. The zero-order valence-corrected chi connectivity index (χ0v) is 10.9. The predicted molar refractivity (Wildman–Crippen MR) is 61.7 cm³/mol. The number of ether oxygens (including phenoxy) is 1. The van der Waals surface area contributed by atoms with Crippen LogP contribution in [0.1, 0.15) is 41.0 Å². The van der Waals surface area contributed by atoms with Crippen LogP contribution < -0.4 is 5.32 Å². The monoisotopic (exact) mass is 247 g/mol. The number of alkyl carbamates (subject to hydrolysis) is 1. The predicted octanol–water partition coefficient (Wildman–Crippen LogP) is 1.13. The first-order valence-corrected chi connectivity index (χ1v) is 5.44. The second-order valence-corrected chi connectivity index (χ2v) is 5.13. The van der Waals surface area contributed by atoms with Gasteiger partial charge in [-0.15, -0.1) is 0 Å². The van der Waals surface area contributed by atoms with Crippen molar-refractivity contribution < 1.29 is 24.5 Å². The lowest BCUT2D eigenvalue weighted by Gasteiger charge is -2.30. The molecule has 3 N–H and O–H groups in total. The van der Waals surface area contributed by atoms with E-state index in [1.165, 1.54) is 6.92 Å². The fourth-order valence-corrected chi connectivity index (χ4v) is 1.11. The Morgan fingerprint density at radius 3 is 2.06 bits per heavy atom. The standard InChI is InChI=1S/C11H21NO5/c1-6-11(5,16)7(8(13)14)12-9(15)17-10(2,3)4/h7,16H,6H2,1-5H3,(H,12,15)(H,13,14). The van der Waals surface area contributed by atoms with E-state index in [2.05, 4.69) is 5.32 Å². The van der Waals surface area contributed by atoms with Crippen molar-refractivity contribution in [3.8, 4) is 0 Å². The zero-order chi connectivity index (χ0) is 13.9. The Kier molecular flexibility index (Phi) is 4.94. The van der Waals surface area contributed by atoms with Crippen LogP contribution in [0.4, 0.5) is 4.79 Å². The molecule has 0 heterocycles. The lowest BCUT2D eigenvalue weighted by Crippen LogP contribution is -2.56. The van der Waals surface area contributed by atoms with Crippen molar-refractivity contribution in [1.82, 2.24) is 5.32 Å². The topological polar surface area (TPSA) is 95.9 Å². The molecule has 0 aliphatic carbocycles. The van der Waals surface area contributed by atoms with E-state index in [0.717, 1.165) is 0 Å². The van der Waals surface area contributed by atoms with Gasteiger partial charge in [0.05, 0.1) is 5.60 Å². The lowest BCUT2D eigenvalue weighted by molar-refractivity contribution is -0.146. The molecule has 0 saturated heterocycles. The summed E-state index contributed by atoms with van der Waals surface area (Å²) in [5.74, 6) is -1.30. The lowest BCUT2D eigenvalue weighted by atomic mass is 9.94. The van der Waals surface area contributed by atoms with Crippen molar-refractivity contribution in [2.24, 2.45) is 0 Å². The summed E-state index contributed by atoms with van der Waals surface area (Å²) in [6.07, 6.45) is -0.668. The number of carboxylic acid groups (broad SMARTS) is 1. The van der Waals surface area contributed by atoms with E-state index in [1.807, 2.05) is 0 Å². The molecule has 2 atom stereocenters. The maximum Gasteiger partial charge on any atom is 0.408 e. The van der Waals surface area contributed by atoms with Gasteiger partial charge in [0, 0.05) is 0 Å². The number of carbonyl (C=O) groups is 2. The molecule has 0 aromatic carbocycles. The Labute approximate surface area is 101 Å². The fraction of sp³-hybridized carbons (Fsp3) is 0.818. The maximum atomic E-state index is 11.4. The molecular weight excluding hydrogens is 226 g/mol. The number of aliphatic hydroxyl groups is 1. The minimum absolute atomic E-state index is 0.194. The van der Waals surface area contributed by atoms with E-state index in [0.29, 0.717) is 0 Å². The van der Waals surface area contributed by atoms with Crippen molar-refractivity contribution in [2.75, 3.05) is 0 Å². The minimum Gasteiger partial charge on any atom is -0.480 e. The molecule has 0 rings (SSSR count). The van der Waals surface area contributed by atoms with E-state index in [-0.39, 0.29) is 6.42 Å². The summed E-state index contributed by atoms with van der Waals surface area (Å²) in [5.41, 5.74) is -2.24. The molecule has 6 nitrogen and oxygen atoms in total. The second kappa shape index (κ2) is 5.35. The van der Waals surface area contributed by atoms with Crippen LogP contribution in [0.15, 0.2) is 0 Å². The minimum atomic E-state index is -1.53. The van der Waals surface area contributed by atoms with Gasteiger partial charge in [0.1, 0.15) is 5.60 Å². The van der Waals surface area contributed by atoms with Gasteiger partial charge in [-0.25, -0.2) is 9.59 Å². The van der Waals surface area contributed by atoms with Gasteiger partial charge in [0.2, 0.25) is 0 Å². The number of hydrogen-bond donors (Lipinski definition) is 3. The van der Waals surface area contributed by atoms with Gasteiger partial charge < -0.3 is 20.3 Å². The molecule has 0 fully saturated rings. The number of carboxylic acids is 1. The van der Waals surface area contributed by atoms with Gasteiger partial charge in [0.15, 0.2) is 6.04 Å². The Morgan fingerprint density at radius 2 is 1.76 bits per heavy atom. The first-order valence-electron chi connectivity index (χ1n) is 5.44. The molecule has 0 spiro atoms. The summed E-state index contributed by atoms with van der Waals surface area (Å²) in [6.45, 7) is 7.98. The largest absolute Gasteiger partial charge is 0.480 e. The summed E-state index contributed by atoms with van der Waals surface area (Å²) < 4.78 is 4.93. The third-order valence-electron chi connectivity index (χ3n) is 2.25. The van der Waals surface area contributed by atoms with E-state index >= 15 is 0 Å². The highest BCUT2D eigenvalue weighted by molar-refractivity contribution is 5.81. The molecule has 1 amide bonds. The number of amides is 1. The van der Waals surface area contributed by atoms with Gasteiger partial charge in [-0.2, -0.15) is 0 Å². The highest BCUT2D eigenvalue weighted by Gasteiger charge is 2.38. The third-order valence-corrected chi connectivity index (χ3v) is 2.25. The van der Waals surface area contributed by atoms with Crippen LogP contribution in [-0.2, 0) is 9.53 Å². The van der Waals surface area contributed by atoms with Gasteiger partial charge >= 0.3 is 12.1 Å². The molecule has 0 aliphatic heterocycles. The molecule has 0 aliphatic rings. The van der Waals surface area contributed by atoms with Crippen molar-refractivity contribution in [3.05, 3.63) is 0 Å². The average molecular weight is 247 g/mol. The number of carbonyl (C=O) groups excluding carboxylic acids is 1. The molecule has 100 valence electrons. The Morgan fingerprint density at radius 1 is 1.29 bits per heavy atom. The molecule has 0 saturated carbocycles. The van der Waals surface area contributed by atoms with Crippen LogP contribution in [0.5, 0.6) is 0 Å². The van der Waals surface area contributed by atoms with Crippen molar-refractivity contribution in [1.29, 1.82) is 0 Å². The quantitative estimate of drug-likeness (QED) is 0.692. The SMILES string of the molecule is CCC(C)(O)C(NC(=O)OC(C)(C)C)C(=O)O. The maximum absolute atomic E-state index is 11.4. The molecule has 17 heavy (non-hydrogen) atoms. The Balaban J connectivity index is 4.69. The highest BCUT2D eigenvalue weighted by Crippen LogP contribution is 2.15. The van der Waals surface area contributed by atoms with E-state index < -0.39 is 29.3 Å². The molecule has 6 heteroatoms. The molecule has 0 bridgehead atoms. The molecular formula is C11H21NO5. The second-order valence-electron chi connectivity index (χ2n) is 5.13. The Hall–Kier alpha value is -1.30. The summed E-state index contributed by atoms with van der Waals surface area (Å²) >= 11 is 0. The summed E-state index contributed by atoms with van der Waals surface area (Å²) in [4.78, 5) is 22.4. The number of nitrogens with one attached hydrogen (secondary N) is 1. The summed E-state index contributed by atoms with van der Waals surface area (Å²) in [7, 11) is 0.